The lowest BCUT2D eigenvalue weighted by molar-refractivity contribution is -0.870. The molecule has 2 aromatic rings. The van der Waals surface area contributed by atoms with E-state index in [4.69, 9.17) is 0 Å². The molecular formula is C21H26N3O2+. The van der Waals surface area contributed by atoms with Crippen LogP contribution in [0.5, 0.6) is 0 Å². The van der Waals surface area contributed by atoms with E-state index in [2.05, 4.69) is 31.8 Å². The van der Waals surface area contributed by atoms with Crippen LogP contribution in [0, 0.1) is 0 Å². The number of hydrogen-bond donors (Lipinski definition) is 2. The molecule has 0 bridgehead atoms. The maximum atomic E-state index is 13.1. The van der Waals surface area contributed by atoms with Crippen molar-refractivity contribution < 1.29 is 14.1 Å². The molecule has 1 aliphatic rings. The summed E-state index contributed by atoms with van der Waals surface area (Å²) in [5.41, 5.74) is 3.31. The average Bonchev–Trinajstić information content (AvgIpc) is 2.62. The van der Waals surface area contributed by atoms with Gasteiger partial charge in [-0.1, -0.05) is 24.3 Å². The molecule has 3 rings (SSSR count). The number of anilines is 2. The van der Waals surface area contributed by atoms with Gasteiger partial charge < -0.3 is 15.1 Å². The Morgan fingerprint density at radius 2 is 1.38 bits per heavy atom. The summed E-state index contributed by atoms with van der Waals surface area (Å²) >= 11 is 0. The van der Waals surface area contributed by atoms with Crippen LogP contribution >= 0.6 is 0 Å². The van der Waals surface area contributed by atoms with E-state index in [1.54, 1.807) is 31.3 Å². The van der Waals surface area contributed by atoms with Crippen molar-refractivity contribution in [2.45, 2.75) is 6.42 Å². The molecule has 0 fully saturated rings. The van der Waals surface area contributed by atoms with Crippen LogP contribution in [-0.2, 0) is 0 Å². The Bertz CT molecular complexity index is 866. The molecule has 0 saturated carbocycles. The minimum absolute atomic E-state index is 0.0959. The van der Waals surface area contributed by atoms with Gasteiger partial charge in [0.25, 0.3) is 0 Å². The third kappa shape index (κ3) is 3.35. The lowest BCUT2D eigenvalue weighted by Gasteiger charge is -2.25. The van der Waals surface area contributed by atoms with E-state index in [0.717, 1.165) is 29.7 Å². The van der Waals surface area contributed by atoms with Gasteiger partial charge in [0, 0.05) is 42.5 Å². The zero-order chi connectivity index (χ0) is 18.9. The molecule has 136 valence electrons. The number of hydrogen-bond acceptors (Lipinski definition) is 4. The minimum Gasteiger partial charge on any atom is -0.388 e. The summed E-state index contributed by atoms with van der Waals surface area (Å²) in [5, 5.41) is 6.42. The van der Waals surface area contributed by atoms with Crippen molar-refractivity contribution in [2.24, 2.45) is 0 Å². The first-order valence-corrected chi connectivity index (χ1v) is 8.91. The molecule has 5 nitrogen and oxygen atoms in total. The van der Waals surface area contributed by atoms with Crippen LogP contribution in [0.4, 0.5) is 11.4 Å². The molecule has 0 spiro atoms. The van der Waals surface area contributed by atoms with E-state index >= 15 is 0 Å². The maximum absolute atomic E-state index is 13.1. The molecule has 0 unspecified atom stereocenters. The van der Waals surface area contributed by atoms with E-state index < -0.39 is 0 Å². The van der Waals surface area contributed by atoms with Crippen LogP contribution in [0.25, 0.3) is 0 Å². The zero-order valence-electron chi connectivity index (χ0n) is 15.8. The van der Waals surface area contributed by atoms with E-state index in [1.165, 1.54) is 0 Å². The van der Waals surface area contributed by atoms with Gasteiger partial charge in [0.1, 0.15) is 0 Å². The topological polar surface area (TPSA) is 58.2 Å². The number of ketones is 2. The highest BCUT2D eigenvalue weighted by Gasteiger charge is 2.33. The van der Waals surface area contributed by atoms with Crippen molar-refractivity contribution in [1.82, 2.24) is 0 Å². The number of nitrogens with zero attached hydrogens (tertiary/aromatic N) is 1. The monoisotopic (exact) mass is 352 g/mol. The van der Waals surface area contributed by atoms with Gasteiger partial charge in [-0.15, -0.1) is 0 Å². The standard InChI is InChI=1S/C21H25N3O2/c1-22-16-10-11-17(23-12-7-13-24(2,3)4)19-18(16)20(25)14-8-5-6-9-15(14)21(19)26/h5-6,8-11H,7,12-13H2,1-4H3,(H-,22,23,25,26)/p+1. The van der Waals surface area contributed by atoms with Crippen molar-refractivity contribution in [3.05, 3.63) is 58.7 Å². The third-order valence-corrected chi connectivity index (χ3v) is 4.67. The van der Waals surface area contributed by atoms with Crippen molar-refractivity contribution in [3.8, 4) is 0 Å². The lowest BCUT2D eigenvalue weighted by Crippen LogP contribution is -2.36. The van der Waals surface area contributed by atoms with Gasteiger partial charge in [0.05, 0.1) is 38.8 Å². The van der Waals surface area contributed by atoms with Gasteiger partial charge in [-0.3, -0.25) is 9.59 Å². The van der Waals surface area contributed by atoms with Gasteiger partial charge >= 0.3 is 0 Å². The summed E-state index contributed by atoms with van der Waals surface area (Å²) in [7, 11) is 8.23. The molecule has 0 aliphatic heterocycles. The van der Waals surface area contributed by atoms with Gasteiger partial charge in [0.2, 0.25) is 0 Å². The summed E-state index contributed by atoms with van der Waals surface area (Å²) in [4.78, 5) is 26.1. The first kappa shape index (κ1) is 18.1. The predicted octanol–water partition coefficient (Wildman–Crippen LogP) is 3.01. The Hall–Kier alpha value is -2.66. The van der Waals surface area contributed by atoms with Gasteiger partial charge in [-0.05, 0) is 12.1 Å². The lowest BCUT2D eigenvalue weighted by atomic mass is 9.82. The van der Waals surface area contributed by atoms with Crippen molar-refractivity contribution >= 4 is 22.9 Å². The Labute approximate surface area is 154 Å². The maximum Gasteiger partial charge on any atom is 0.196 e. The van der Waals surface area contributed by atoms with E-state index in [0.29, 0.717) is 27.9 Å². The Kier molecular flexibility index (Phi) is 4.83. The molecule has 0 aromatic heterocycles. The van der Waals surface area contributed by atoms with Crippen molar-refractivity contribution in [3.63, 3.8) is 0 Å². The minimum atomic E-state index is -0.102. The van der Waals surface area contributed by atoms with E-state index in [9.17, 15) is 9.59 Å². The number of rotatable bonds is 6. The summed E-state index contributed by atoms with van der Waals surface area (Å²) < 4.78 is 0.892. The highest BCUT2D eigenvalue weighted by atomic mass is 16.1. The molecule has 0 heterocycles. The number of carbonyl (C=O) groups is 2. The smallest absolute Gasteiger partial charge is 0.196 e. The number of carbonyl (C=O) groups excluding carboxylic acids is 2. The van der Waals surface area contributed by atoms with Crippen LogP contribution in [0.1, 0.15) is 38.3 Å². The van der Waals surface area contributed by atoms with Crippen LogP contribution in [0.15, 0.2) is 36.4 Å². The summed E-state index contributed by atoms with van der Waals surface area (Å²) in [6.45, 7) is 1.78. The number of quaternary nitrogens is 1. The Morgan fingerprint density at radius 3 is 1.92 bits per heavy atom. The quantitative estimate of drug-likeness (QED) is 0.529. The molecule has 0 amide bonds. The van der Waals surface area contributed by atoms with E-state index in [-0.39, 0.29) is 11.6 Å². The summed E-state index contributed by atoms with van der Waals surface area (Å²) in [6, 6.07) is 10.8. The SMILES string of the molecule is CNc1ccc(NCCC[N+](C)(C)C)c2c1C(=O)c1ccccc1C2=O. The van der Waals surface area contributed by atoms with Crippen molar-refractivity contribution in [2.75, 3.05) is 51.9 Å². The fourth-order valence-electron chi connectivity index (χ4n) is 3.35. The fourth-order valence-corrected chi connectivity index (χ4v) is 3.35. The van der Waals surface area contributed by atoms with Crippen LogP contribution < -0.4 is 10.6 Å². The summed E-state index contributed by atoms with van der Waals surface area (Å²) in [5.74, 6) is -0.198. The Balaban J connectivity index is 1.97. The fraction of sp³-hybridized carbons (Fsp3) is 0.333. The van der Waals surface area contributed by atoms with Gasteiger partial charge in [-0.25, -0.2) is 0 Å². The Morgan fingerprint density at radius 1 is 0.846 bits per heavy atom. The highest BCUT2D eigenvalue weighted by Crippen LogP contribution is 2.36. The number of fused-ring (bicyclic) bond motifs is 2. The van der Waals surface area contributed by atoms with Gasteiger partial charge in [-0.2, -0.15) is 0 Å². The molecule has 2 N–H and O–H groups in total. The summed E-state index contributed by atoms with van der Waals surface area (Å²) in [6.07, 6.45) is 0.977. The van der Waals surface area contributed by atoms with Crippen LogP contribution in [0.3, 0.4) is 0 Å². The number of nitrogens with one attached hydrogen (secondary N) is 2. The van der Waals surface area contributed by atoms with Gasteiger partial charge in [0.15, 0.2) is 11.6 Å². The molecule has 5 heteroatoms. The molecule has 2 aromatic carbocycles. The first-order chi connectivity index (χ1) is 12.3. The molecule has 0 saturated heterocycles. The highest BCUT2D eigenvalue weighted by molar-refractivity contribution is 6.31. The normalized spacial score (nSPS) is 13.2. The predicted molar refractivity (Wildman–Crippen MR) is 105 cm³/mol. The number of benzene rings is 2. The molecule has 0 atom stereocenters. The van der Waals surface area contributed by atoms with Crippen molar-refractivity contribution in [1.29, 1.82) is 0 Å². The molecule has 26 heavy (non-hydrogen) atoms. The molecule has 1 aliphatic carbocycles. The van der Waals surface area contributed by atoms with Crippen LogP contribution in [-0.4, -0.2) is 57.3 Å². The second-order valence-electron chi connectivity index (χ2n) is 7.66. The largest absolute Gasteiger partial charge is 0.388 e. The second-order valence-corrected chi connectivity index (χ2v) is 7.66. The zero-order valence-corrected chi connectivity index (χ0v) is 15.8. The average molecular weight is 352 g/mol. The third-order valence-electron chi connectivity index (χ3n) is 4.67. The first-order valence-electron chi connectivity index (χ1n) is 8.91. The van der Waals surface area contributed by atoms with E-state index in [1.807, 2.05) is 12.1 Å². The second kappa shape index (κ2) is 6.92. The molecular weight excluding hydrogens is 326 g/mol. The molecule has 0 radical (unpaired) electrons. The van der Waals surface area contributed by atoms with Crippen LogP contribution in [0.2, 0.25) is 0 Å².